The standard InChI is InChI=1S/C17H34N4O2S.HI/c1-8-18-14(19-12-17(5,6)24-7)21-10-9-13(11-21)20-15(22)23-16(2,3)4;/h13H,8-12H2,1-7H3,(H,18,19)(H,20,22);1H. The molecule has 6 nitrogen and oxygen atoms in total. The molecule has 0 bridgehead atoms. The third kappa shape index (κ3) is 9.77. The Kier molecular flexibility index (Phi) is 10.5. The smallest absolute Gasteiger partial charge is 0.407 e. The molecule has 0 saturated carbocycles. The molecule has 1 fully saturated rings. The van der Waals surface area contributed by atoms with Gasteiger partial charge in [0.25, 0.3) is 0 Å². The van der Waals surface area contributed by atoms with Crippen molar-refractivity contribution < 1.29 is 9.53 Å². The van der Waals surface area contributed by atoms with E-state index < -0.39 is 5.60 Å². The summed E-state index contributed by atoms with van der Waals surface area (Å²) < 4.78 is 5.45. The van der Waals surface area contributed by atoms with E-state index in [4.69, 9.17) is 9.73 Å². The molecule has 0 spiro atoms. The van der Waals surface area contributed by atoms with Crippen molar-refractivity contribution in [1.82, 2.24) is 15.5 Å². The van der Waals surface area contributed by atoms with Crippen molar-refractivity contribution >= 4 is 47.8 Å². The average molecular weight is 486 g/mol. The van der Waals surface area contributed by atoms with Crippen LogP contribution in [0.5, 0.6) is 0 Å². The number of thioether (sulfide) groups is 1. The van der Waals surface area contributed by atoms with Crippen molar-refractivity contribution in [2.45, 2.75) is 64.4 Å². The van der Waals surface area contributed by atoms with E-state index in [1.165, 1.54) is 0 Å². The summed E-state index contributed by atoms with van der Waals surface area (Å²) in [5.74, 6) is 0.924. The van der Waals surface area contributed by atoms with Crippen LogP contribution >= 0.6 is 35.7 Å². The van der Waals surface area contributed by atoms with Crippen LogP contribution in [0.3, 0.4) is 0 Å². The van der Waals surface area contributed by atoms with Gasteiger partial charge in [0.1, 0.15) is 5.60 Å². The van der Waals surface area contributed by atoms with E-state index in [2.05, 4.69) is 42.6 Å². The van der Waals surface area contributed by atoms with Gasteiger partial charge in [-0.2, -0.15) is 11.8 Å². The van der Waals surface area contributed by atoms with E-state index in [1.807, 2.05) is 32.5 Å². The van der Waals surface area contributed by atoms with E-state index in [0.717, 1.165) is 38.6 Å². The third-order valence-corrected chi connectivity index (χ3v) is 4.94. The Labute approximate surface area is 174 Å². The van der Waals surface area contributed by atoms with Gasteiger partial charge in [-0.15, -0.1) is 24.0 Å². The highest BCUT2D eigenvalue weighted by Crippen LogP contribution is 2.21. The molecule has 1 aliphatic rings. The van der Waals surface area contributed by atoms with Crippen molar-refractivity contribution in [3.05, 3.63) is 0 Å². The highest BCUT2D eigenvalue weighted by molar-refractivity contribution is 14.0. The number of hydrogen-bond acceptors (Lipinski definition) is 4. The number of ether oxygens (including phenoxy) is 1. The number of nitrogens with one attached hydrogen (secondary N) is 2. The van der Waals surface area contributed by atoms with Crippen LogP contribution in [0, 0.1) is 0 Å². The number of rotatable bonds is 5. The molecular weight excluding hydrogens is 451 g/mol. The van der Waals surface area contributed by atoms with Gasteiger partial charge in [-0.1, -0.05) is 0 Å². The van der Waals surface area contributed by atoms with Gasteiger partial charge in [-0.25, -0.2) is 4.79 Å². The van der Waals surface area contributed by atoms with Gasteiger partial charge in [0.2, 0.25) is 0 Å². The first-order valence-corrected chi connectivity index (χ1v) is 9.86. The normalized spacial score (nSPS) is 18.6. The lowest BCUT2D eigenvalue weighted by molar-refractivity contribution is 0.0507. The number of nitrogens with zero attached hydrogens (tertiary/aromatic N) is 2. The molecule has 1 saturated heterocycles. The SMILES string of the molecule is CCNC(=NCC(C)(C)SC)N1CCC(NC(=O)OC(C)(C)C)C1.I. The third-order valence-electron chi connectivity index (χ3n) is 3.71. The Bertz CT molecular complexity index is 452. The topological polar surface area (TPSA) is 66.0 Å². The molecule has 1 aliphatic heterocycles. The second-order valence-corrected chi connectivity index (χ2v) is 9.23. The Balaban J connectivity index is 0.00000576. The average Bonchev–Trinajstić information content (AvgIpc) is 2.89. The molecule has 25 heavy (non-hydrogen) atoms. The molecule has 1 rings (SSSR count). The zero-order chi connectivity index (χ0) is 18.4. The van der Waals surface area contributed by atoms with E-state index in [0.29, 0.717) is 0 Å². The molecular formula is C17H35IN4O2S. The predicted molar refractivity (Wildman–Crippen MR) is 118 cm³/mol. The number of halogens is 1. The summed E-state index contributed by atoms with van der Waals surface area (Å²) in [7, 11) is 0. The summed E-state index contributed by atoms with van der Waals surface area (Å²) in [6.07, 6.45) is 2.66. The molecule has 0 radical (unpaired) electrons. The van der Waals surface area contributed by atoms with E-state index in [-0.39, 0.29) is 40.9 Å². The maximum Gasteiger partial charge on any atom is 0.407 e. The molecule has 148 valence electrons. The zero-order valence-electron chi connectivity index (χ0n) is 16.6. The number of likely N-dealkylation sites (tertiary alicyclic amines) is 1. The molecule has 0 aromatic heterocycles. The second kappa shape index (κ2) is 10.7. The van der Waals surface area contributed by atoms with Crippen molar-refractivity contribution in [2.75, 3.05) is 32.4 Å². The summed E-state index contributed by atoms with van der Waals surface area (Å²) in [5, 5.41) is 6.31. The lowest BCUT2D eigenvalue weighted by Gasteiger charge is -2.25. The van der Waals surface area contributed by atoms with Crippen LogP contribution in [0.2, 0.25) is 0 Å². The highest BCUT2D eigenvalue weighted by Gasteiger charge is 2.28. The summed E-state index contributed by atoms with van der Waals surface area (Å²) in [6.45, 7) is 15.3. The van der Waals surface area contributed by atoms with Crippen molar-refractivity contribution in [3.8, 4) is 0 Å². The Morgan fingerprint density at radius 2 is 1.96 bits per heavy atom. The minimum Gasteiger partial charge on any atom is -0.444 e. The van der Waals surface area contributed by atoms with Crippen molar-refractivity contribution in [1.29, 1.82) is 0 Å². The minimum absolute atomic E-state index is 0. The van der Waals surface area contributed by atoms with Crippen molar-refractivity contribution in [2.24, 2.45) is 4.99 Å². The lowest BCUT2D eigenvalue weighted by Crippen LogP contribution is -2.44. The largest absolute Gasteiger partial charge is 0.444 e. The first-order chi connectivity index (χ1) is 11.1. The van der Waals surface area contributed by atoms with E-state index in [9.17, 15) is 4.79 Å². The van der Waals surface area contributed by atoms with Gasteiger partial charge in [0.05, 0.1) is 12.6 Å². The van der Waals surface area contributed by atoms with Gasteiger partial charge >= 0.3 is 6.09 Å². The quantitative estimate of drug-likeness (QED) is 0.355. The molecule has 0 aromatic rings. The number of carbonyl (C=O) groups is 1. The number of amides is 1. The van der Waals surface area contributed by atoms with Crippen LogP contribution < -0.4 is 10.6 Å². The number of aliphatic imine (C=N–C) groups is 1. The van der Waals surface area contributed by atoms with Gasteiger partial charge in [0.15, 0.2) is 5.96 Å². The van der Waals surface area contributed by atoms with Crippen molar-refractivity contribution in [3.63, 3.8) is 0 Å². The van der Waals surface area contributed by atoms with Crippen LogP contribution in [-0.4, -0.2) is 65.8 Å². The van der Waals surface area contributed by atoms with Crippen LogP contribution in [0.1, 0.15) is 48.0 Å². The molecule has 8 heteroatoms. The van der Waals surface area contributed by atoms with Crippen LogP contribution in [0.25, 0.3) is 0 Å². The first kappa shape index (κ1) is 24.6. The number of alkyl carbamates (subject to hydrolysis) is 1. The molecule has 1 atom stereocenters. The fourth-order valence-corrected chi connectivity index (χ4v) is 2.49. The van der Waals surface area contributed by atoms with Gasteiger partial charge in [-0.05, 0) is 54.2 Å². The van der Waals surface area contributed by atoms with Crippen LogP contribution in [0.15, 0.2) is 4.99 Å². The monoisotopic (exact) mass is 486 g/mol. The highest BCUT2D eigenvalue weighted by atomic mass is 127. The zero-order valence-corrected chi connectivity index (χ0v) is 19.8. The Morgan fingerprint density at radius 3 is 2.48 bits per heavy atom. The maximum atomic E-state index is 11.9. The van der Waals surface area contributed by atoms with E-state index >= 15 is 0 Å². The fourth-order valence-electron chi connectivity index (χ4n) is 2.30. The van der Waals surface area contributed by atoms with Crippen LogP contribution in [-0.2, 0) is 4.74 Å². The maximum absolute atomic E-state index is 11.9. The van der Waals surface area contributed by atoms with E-state index in [1.54, 1.807) is 0 Å². The van der Waals surface area contributed by atoms with Gasteiger partial charge in [-0.3, -0.25) is 4.99 Å². The number of guanidine groups is 1. The second-order valence-electron chi connectivity index (χ2n) is 7.71. The van der Waals surface area contributed by atoms with Crippen LogP contribution in [0.4, 0.5) is 4.79 Å². The number of carbonyl (C=O) groups excluding carboxylic acids is 1. The fraction of sp³-hybridized carbons (Fsp3) is 0.882. The molecule has 0 aliphatic carbocycles. The van der Waals surface area contributed by atoms with Gasteiger partial charge < -0.3 is 20.3 Å². The first-order valence-electron chi connectivity index (χ1n) is 8.64. The number of hydrogen-bond donors (Lipinski definition) is 2. The molecule has 2 N–H and O–H groups in total. The minimum atomic E-state index is -0.470. The summed E-state index contributed by atoms with van der Waals surface area (Å²) >= 11 is 1.82. The summed E-state index contributed by atoms with van der Waals surface area (Å²) in [5.41, 5.74) is -0.470. The Hall–Kier alpha value is -0.380. The lowest BCUT2D eigenvalue weighted by atomic mass is 10.2. The summed E-state index contributed by atoms with van der Waals surface area (Å²) in [4.78, 5) is 18.9. The molecule has 1 amide bonds. The molecule has 1 heterocycles. The van der Waals surface area contributed by atoms with Gasteiger partial charge in [0, 0.05) is 24.4 Å². The predicted octanol–water partition coefficient (Wildman–Crippen LogP) is 3.31. The summed E-state index contributed by atoms with van der Waals surface area (Å²) in [6, 6.07) is 0.0947. The molecule has 1 unspecified atom stereocenters. The molecule has 0 aromatic carbocycles. The Morgan fingerprint density at radius 1 is 1.32 bits per heavy atom.